The highest BCUT2D eigenvalue weighted by atomic mass is 19.1. The molecule has 1 heterocycles. The summed E-state index contributed by atoms with van der Waals surface area (Å²) >= 11 is 0. The lowest BCUT2D eigenvalue weighted by molar-refractivity contribution is -0.130. The average Bonchev–Trinajstić information content (AvgIpc) is 2.90. The molecular formula is C21H32FN5O2. The number of amides is 3. The number of hydrogen-bond acceptors (Lipinski definition) is 3. The van der Waals surface area contributed by atoms with Crippen molar-refractivity contribution in [2.24, 2.45) is 4.99 Å². The predicted molar refractivity (Wildman–Crippen MR) is 112 cm³/mol. The van der Waals surface area contributed by atoms with Crippen molar-refractivity contribution >= 4 is 17.9 Å². The maximum absolute atomic E-state index is 13.8. The van der Waals surface area contributed by atoms with Gasteiger partial charge in [-0.3, -0.25) is 14.7 Å². The predicted octanol–water partition coefficient (Wildman–Crippen LogP) is 2.86. The average molecular weight is 406 g/mol. The SMILES string of the molecule is CCNC(=NCCCN1C(=O)NC(C)(CC)C1=O)NC(C)c1ccc(C)c(F)c1. The number of rotatable bonds is 8. The highest BCUT2D eigenvalue weighted by molar-refractivity contribution is 6.06. The third-order valence-corrected chi connectivity index (χ3v) is 5.26. The van der Waals surface area contributed by atoms with Crippen LogP contribution in [0.15, 0.2) is 23.2 Å². The van der Waals surface area contributed by atoms with Crippen molar-refractivity contribution in [1.82, 2.24) is 20.9 Å². The Hall–Kier alpha value is -2.64. The van der Waals surface area contributed by atoms with Crippen LogP contribution < -0.4 is 16.0 Å². The molecule has 2 rings (SSSR count). The highest BCUT2D eigenvalue weighted by Crippen LogP contribution is 2.21. The molecule has 3 amide bonds. The fraction of sp³-hybridized carbons (Fsp3) is 0.571. The molecule has 0 bridgehead atoms. The minimum Gasteiger partial charge on any atom is -0.357 e. The van der Waals surface area contributed by atoms with E-state index in [2.05, 4.69) is 20.9 Å². The van der Waals surface area contributed by atoms with Crippen LogP contribution in [-0.2, 0) is 4.79 Å². The number of nitrogens with one attached hydrogen (secondary N) is 3. The number of aryl methyl sites for hydroxylation is 1. The lowest BCUT2D eigenvalue weighted by atomic mass is 9.99. The zero-order chi connectivity index (χ0) is 21.6. The van der Waals surface area contributed by atoms with Crippen LogP contribution in [-0.4, -0.2) is 48.0 Å². The van der Waals surface area contributed by atoms with Gasteiger partial charge in [0.15, 0.2) is 5.96 Å². The van der Waals surface area contributed by atoms with E-state index < -0.39 is 5.54 Å². The molecule has 2 atom stereocenters. The van der Waals surface area contributed by atoms with E-state index in [9.17, 15) is 14.0 Å². The van der Waals surface area contributed by atoms with Gasteiger partial charge >= 0.3 is 6.03 Å². The fourth-order valence-electron chi connectivity index (χ4n) is 3.10. The van der Waals surface area contributed by atoms with Crippen molar-refractivity contribution in [2.75, 3.05) is 19.6 Å². The van der Waals surface area contributed by atoms with Crippen LogP contribution in [0.5, 0.6) is 0 Å². The highest BCUT2D eigenvalue weighted by Gasteiger charge is 2.45. The number of halogens is 1. The fourth-order valence-corrected chi connectivity index (χ4v) is 3.10. The summed E-state index contributed by atoms with van der Waals surface area (Å²) in [7, 11) is 0. The quantitative estimate of drug-likeness (QED) is 0.269. The van der Waals surface area contributed by atoms with E-state index in [0.29, 0.717) is 44.0 Å². The van der Waals surface area contributed by atoms with E-state index in [4.69, 9.17) is 0 Å². The molecule has 29 heavy (non-hydrogen) atoms. The Bertz CT molecular complexity index is 782. The molecule has 0 spiro atoms. The third-order valence-electron chi connectivity index (χ3n) is 5.26. The van der Waals surface area contributed by atoms with E-state index in [-0.39, 0.29) is 23.8 Å². The second kappa shape index (κ2) is 9.71. The number of nitrogens with zero attached hydrogens (tertiary/aromatic N) is 2. The first-order valence-electron chi connectivity index (χ1n) is 10.2. The zero-order valence-corrected chi connectivity index (χ0v) is 17.9. The number of hydrogen-bond donors (Lipinski definition) is 3. The van der Waals surface area contributed by atoms with Crippen molar-refractivity contribution in [3.8, 4) is 0 Å². The summed E-state index contributed by atoms with van der Waals surface area (Å²) in [5, 5.41) is 9.17. The molecule has 1 aromatic carbocycles. The lowest BCUT2D eigenvalue weighted by Gasteiger charge is -2.19. The van der Waals surface area contributed by atoms with Gasteiger partial charge in [0.05, 0.1) is 6.04 Å². The Balaban J connectivity index is 1.93. The molecule has 1 aromatic rings. The standard InChI is InChI=1S/C21H32FN5O2/c1-6-21(5)18(28)27(20(29)26-21)12-8-11-24-19(23-7-2)25-15(4)16-10-9-14(3)17(22)13-16/h9-10,13,15H,6-8,11-12H2,1-5H3,(H,26,29)(H2,23,24,25). The van der Waals surface area contributed by atoms with Gasteiger partial charge in [-0.1, -0.05) is 19.1 Å². The molecular weight excluding hydrogens is 373 g/mol. The number of benzene rings is 1. The van der Waals surface area contributed by atoms with E-state index in [0.717, 1.165) is 5.56 Å². The smallest absolute Gasteiger partial charge is 0.325 e. The molecule has 1 aliphatic rings. The minimum absolute atomic E-state index is 0.126. The van der Waals surface area contributed by atoms with E-state index in [1.807, 2.05) is 26.8 Å². The summed E-state index contributed by atoms with van der Waals surface area (Å²) in [5.74, 6) is 0.191. The number of carbonyl (C=O) groups is 2. The molecule has 0 radical (unpaired) electrons. The van der Waals surface area contributed by atoms with Crippen molar-refractivity contribution < 1.29 is 14.0 Å². The Kier molecular flexibility index (Phi) is 7.59. The number of carbonyl (C=O) groups excluding carboxylic acids is 2. The van der Waals surface area contributed by atoms with Gasteiger partial charge in [0.1, 0.15) is 11.4 Å². The van der Waals surface area contributed by atoms with Crippen LogP contribution in [0.2, 0.25) is 0 Å². The van der Waals surface area contributed by atoms with Gasteiger partial charge in [-0.2, -0.15) is 0 Å². The second-order valence-corrected chi connectivity index (χ2v) is 7.56. The Morgan fingerprint density at radius 1 is 1.34 bits per heavy atom. The molecule has 160 valence electrons. The van der Waals surface area contributed by atoms with Crippen LogP contribution >= 0.6 is 0 Å². The first-order chi connectivity index (χ1) is 13.7. The number of imide groups is 1. The van der Waals surface area contributed by atoms with Crippen LogP contribution in [0.25, 0.3) is 0 Å². The Labute approximate surface area is 172 Å². The molecule has 0 saturated carbocycles. The second-order valence-electron chi connectivity index (χ2n) is 7.56. The molecule has 8 heteroatoms. The van der Waals surface area contributed by atoms with Gasteiger partial charge in [-0.15, -0.1) is 0 Å². The zero-order valence-electron chi connectivity index (χ0n) is 17.9. The Morgan fingerprint density at radius 3 is 2.66 bits per heavy atom. The Morgan fingerprint density at radius 2 is 2.07 bits per heavy atom. The number of guanidine groups is 1. The first kappa shape index (κ1) is 22.6. The van der Waals surface area contributed by atoms with Crippen LogP contribution in [0.4, 0.5) is 9.18 Å². The number of urea groups is 1. The van der Waals surface area contributed by atoms with Crippen molar-refractivity contribution in [3.05, 3.63) is 35.1 Å². The van der Waals surface area contributed by atoms with Crippen molar-refractivity contribution in [1.29, 1.82) is 0 Å². The minimum atomic E-state index is -0.810. The molecule has 0 aliphatic carbocycles. The summed E-state index contributed by atoms with van der Waals surface area (Å²) in [6.07, 6.45) is 1.11. The summed E-state index contributed by atoms with van der Waals surface area (Å²) in [6, 6.07) is 4.71. The van der Waals surface area contributed by atoms with Gasteiger partial charge in [0, 0.05) is 19.6 Å². The van der Waals surface area contributed by atoms with Gasteiger partial charge < -0.3 is 16.0 Å². The van der Waals surface area contributed by atoms with Gasteiger partial charge in [-0.05, 0) is 57.7 Å². The summed E-state index contributed by atoms with van der Waals surface area (Å²) in [4.78, 5) is 30.2. The molecule has 1 saturated heterocycles. The van der Waals surface area contributed by atoms with E-state index in [1.165, 1.54) is 11.0 Å². The molecule has 2 unspecified atom stereocenters. The van der Waals surface area contributed by atoms with Gasteiger partial charge in [0.2, 0.25) is 0 Å². The third kappa shape index (κ3) is 5.46. The number of aliphatic imine (C=N–C) groups is 1. The maximum atomic E-state index is 13.8. The summed E-state index contributed by atoms with van der Waals surface area (Å²) in [6.45, 7) is 10.7. The van der Waals surface area contributed by atoms with Crippen LogP contribution in [0.3, 0.4) is 0 Å². The maximum Gasteiger partial charge on any atom is 0.325 e. The lowest BCUT2D eigenvalue weighted by Crippen LogP contribution is -2.43. The molecule has 3 N–H and O–H groups in total. The van der Waals surface area contributed by atoms with Crippen LogP contribution in [0.1, 0.15) is 57.7 Å². The molecule has 1 fully saturated rings. The van der Waals surface area contributed by atoms with E-state index in [1.54, 1.807) is 19.9 Å². The van der Waals surface area contributed by atoms with Crippen LogP contribution in [0, 0.1) is 12.7 Å². The van der Waals surface area contributed by atoms with Crippen molar-refractivity contribution in [2.45, 2.75) is 59.0 Å². The first-order valence-corrected chi connectivity index (χ1v) is 10.2. The molecule has 0 aromatic heterocycles. The monoisotopic (exact) mass is 405 g/mol. The molecule has 7 nitrogen and oxygen atoms in total. The summed E-state index contributed by atoms with van der Waals surface area (Å²) in [5.41, 5.74) is 0.633. The van der Waals surface area contributed by atoms with Gasteiger partial charge in [0.25, 0.3) is 5.91 Å². The summed E-state index contributed by atoms with van der Waals surface area (Å²) < 4.78 is 13.8. The van der Waals surface area contributed by atoms with Gasteiger partial charge in [-0.25, -0.2) is 9.18 Å². The molecule has 1 aliphatic heterocycles. The normalized spacial score (nSPS) is 20.6. The van der Waals surface area contributed by atoms with Crippen molar-refractivity contribution in [3.63, 3.8) is 0 Å². The topological polar surface area (TPSA) is 85.8 Å². The van der Waals surface area contributed by atoms with E-state index >= 15 is 0 Å². The largest absolute Gasteiger partial charge is 0.357 e.